The molecule has 1 heterocycles. The van der Waals surface area contributed by atoms with Crippen LogP contribution in [0.2, 0.25) is 0 Å². The average molecular weight is 664 g/mol. The molecule has 0 saturated carbocycles. The first-order chi connectivity index (χ1) is 22.8. The minimum absolute atomic E-state index is 0.0130. The van der Waals surface area contributed by atoms with Crippen molar-refractivity contribution in [3.63, 3.8) is 0 Å². The van der Waals surface area contributed by atoms with E-state index < -0.39 is 41.9 Å². The molecule has 0 bridgehead atoms. The second kappa shape index (κ2) is 14.2. The summed E-state index contributed by atoms with van der Waals surface area (Å²) in [4.78, 5) is 43.0. The molecular weight excluding hydrogens is 627 g/mol. The van der Waals surface area contributed by atoms with Gasteiger partial charge >= 0.3 is 18.2 Å². The van der Waals surface area contributed by atoms with Crippen molar-refractivity contribution in [2.45, 2.75) is 32.2 Å². The molecule has 10 nitrogen and oxygen atoms in total. The number of urea groups is 2. The van der Waals surface area contributed by atoms with Crippen LogP contribution in [-0.2, 0) is 6.18 Å². The van der Waals surface area contributed by atoms with Gasteiger partial charge in [-0.25, -0.2) is 9.59 Å². The molecule has 4 aromatic carbocycles. The van der Waals surface area contributed by atoms with Crippen molar-refractivity contribution in [3.8, 4) is 5.75 Å². The van der Waals surface area contributed by atoms with E-state index in [1.807, 2.05) is 43.3 Å². The number of hydrogen-bond acceptors (Lipinski definition) is 5. The smallest absolute Gasteiger partial charge is 0.416 e. The van der Waals surface area contributed by atoms with Crippen molar-refractivity contribution in [1.82, 2.24) is 9.80 Å². The Bertz CT molecular complexity index is 1790. The van der Waals surface area contributed by atoms with Crippen molar-refractivity contribution in [2.24, 2.45) is 5.92 Å². The lowest BCUT2D eigenvalue weighted by molar-refractivity contribution is -0.137. The summed E-state index contributed by atoms with van der Waals surface area (Å²) >= 11 is 0. The van der Waals surface area contributed by atoms with E-state index in [9.17, 15) is 32.7 Å². The highest BCUT2D eigenvalue weighted by Gasteiger charge is 2.35. The van der Waals surface area contributed by atoms with Gasteiger partial charge < -0.3 is 35.6 Å². The fourth-order valence-electron chi connectivity index (χ4n) is 5.48. The Kier molecular flexibility index (Phi) is 10.1. The number of anilines is 3. The lowest BCUT2D eigenvalue weighted by atomic mass is 9.99. The average Bonchev–Trinajstić information content (AvgIpc) is 3.06. The number of aliphatic hydroxyl groups excluding tert-OH is 1. The molecule has 4 N–H and O–H groups in total. The molecule has 4 aromatic rings. The Labute approximate surface area is 275 Å². The Morgan fingerprint density at radius 2 is 1.60 bits per heavy atom. The fraction of sp³-hybridized carbons (Fsp3) is 0.286. The number of rotatable bonds is 7. The van der Waals surface area contributed by atoms with Gasteiger partial charge in [-0.2, -0.15) is 13.2 Å². The Morgan fingerprint density at radius 1 is 0.958 bits per heavy atom. The third-order valence-electron chi connectivity index (χ3n) is 8.24. The van der Waals surface area contributed by atoms with Gasteiger partial charge in [0.25, 0.3) is 5.91 Å². The van der Waals surface area contributed by atoms with Crippen molar-refractivity contribution >= 4 is 45.8 Å². The van der Waals surface area contributed by atoms with Crippen LogP contribution in [0.4, 0.5) is 39.8 Å². The van der Waals surface area contributed by atoms with Crippen molar-refractivity contribution in [3.05, 3.63) is 96.1 Å². The van der Waals surface area contributed by atoms with Crippen LogP contribution < -0.4 is 20.7 Å². The van der Waals surface area contributed by atoms with Gasteiger partial charge in [0.05, 0.1) is 41.7 Å². The van der Waals surface area contributed by atoms with Gasteiger partial charge in [0.2, 0.25) is 0 Å². The molecule has 48 heavy (non-hydrogen) atoms. The second-order valence-electron chi connectivity index (χ2n) is 11.8. The van der Waals surface area contributed by atoms with Gasteiger partial charge in [-0.1, -0.05) is 49.4 Å². The standard InChI is InChI=1S/C35H36F3N5O5/c1-21-18-43(22(2)20-44)32(45)27-11-7-13-29(41-33(46)40-28-12-6-9-23-8-4-5-10-26(23)28)31(27)48-30(21)19-42(3)34(47)39-25-16-14-24(15-17-25)35(36,37)38/h4-17,21-22,30,44H,18-20H2,1-3H3,(H,39,47)(H2,40,41,46)/t21-,22-,30+/m1/s1. The molecule has 13 heteroatoms. The van der Waals surface area contributed by atoms with E-state index in [1.165, 1.54) is 29.0 Å². The number of benzene rings is 4. The van der Waals surface area contributed by atoms with E-state index in [4.69, 9.17) is 4.74 Å². The summed E-state index contributed by atoms with van der Waals surface area (Å²) in [5.41, 5.74) is 0.291. The minimum atomic E-state index is -4.51. The molecule has 0 spiro atoms. The van der Waals surface area contributed by atoms with Gasteiger partial charge in [0, 0.05) is 30.6 Å². The van der Waals surface area contributed by atoms with Gasteiger partial charge in [0.1, 0.15) is 6.10 Å². The number of aliphatic hydroxyl groups is 1. The number of amides is 5. The summed E-state index contributed by atoms with van der Waals surface area (Å²) in [7, 11) is 1.51. The lowest BCUT2D eigenvalue weighted by Crippen LogP contribution is -2.50. The molecule has 3 atom stereocenters. The van der Waals surface area contributed by atoms with Crippen LogP contribution in [-0.4, -0.2) is 71.8 Å². The number of carbonyl (C=O) groups excluding carboxylic acids is 3. The molecule has 0 saturated heterocycles. The summed E-state index contributed by atoms with van der Waals surface area (Å²) in [5.74, 6) is -0.669. The van der Waals surface area contributed by atoms with Gasteiger partial charge in [-0.3, -0.25) is 4.79 Å². The van der Waals surface area contributed by atoms with Crippen LogP contribution >= 0.6 is 0 Å². The van der Waals surface area contributed by atoms with Crippen molar-refractivity contribution < 1.29 is 37.4 Å². The first-order valence-corrected chi connectivity index (χ1v) is 15.3. The molecule has 5 rings (SSSR count). The Balaban J connectivity index is 1.40. The number of fused-ring (bicyclic) bond motifs is 2. The third-order valence-corrected chi connectivity index (χ3v) is 8.24. The molecule has 0 aliphatic carbocycles. The molecule has 0 unspecified atom stereocenters. The van der Waals surface area contributed by atoms with Crippen molar-refractivity contribution in [2.75, 3.05) is 42.7 Å². The van der Waals surface area contributed by atoms with E-state index in [-0.39, 0.29) is 48.3 Å². The van der Waals surface area contributed by atoms with E-state index >= 15 is 0 Å². The van der Waals surface area contributed by atoms with Gasteiger partial charge in [-0.15, -0.1) is 0 Å². The SMILES string of the molecule is C[C@@H]1CN([C@H](C)CO)C(=O)c2cccc(NC(=O)Nc3cccc4ccccc34)c2O[C@H]1CN(C)C(=O)Nc1ccc(C(F)(F)F)cc1. The fourth-order valence-corrected chi connectivity index (χ4v) is 5.48. The number of carbonyl (C=O) groups is 3. The van der Waals surface area contributed by atoms with Crippen LogP contribution in [0, 0.1) is 5.92 Å². The molecule has 252 valence electrons. The summed E-state index contributed by atoms with van der Waals surface area (Å²) in [6.07, 6.45) is -5.22. The van der Waals surface area contributed by atoms with Crippen LogP contribution in [0.1, 0.15) is 29.8 Å². The van der Waals surface area contributed by atoms with Gasteiger partial charge in [0.15, 0.2) is 5.75 Å². The molecular formula is C35H36F3N5O5. The molecule has 1 aliphatic heterocycles. The second-order valence-corrected chi connectivity index (χ2v) is 11.8. The summed E-state index contributed by atoms with van der Waals surface area (Å²) < 4.78 is 45.4. The topological polar surface area (TPSA) is 123 Å². The lowest BCUT2D eigenvalue weighted by Gasteiger charge is -2.38. The predicted octanol–water partition coefficient (Wildman–Crippen LogP) is 6.89. The number of ether oxygens (including phenoxy) is 1. The first kappa shape index (κ1) is 34.0. The van der Waals surface area contributed by atoms with E-state index in [1.54, 1.807) is 31.2 Å². The highest BCUT2D eigenvalue weighted by atomic mass is 19.4. The summed E-state index contributed by atoms with van der Waals surface area (Å²) in [6.45, 7) is 3.47. The number of hydrogen-bond donors (Lipinski definition) is 4. The largest absolute Gasteiger partial charge is 0.485 e. The van der Waals surface area contributed by atoms with Crippen LogP contribution in [0.15, 0.2) is 84.9 Å². The number of alkyl halides is 3. The third kappa shape index (κ3) is 7.63. The van der Waals surface area contributed by atoms with Crippen molar-refractivity contribution in [1.29, 1.82) is 0 Å². The highest BCUT2D eigenvalue weighted by molar-refractivity contribution is 6.08. The Morgan fingerprint density at radius 3 is 2.31 bits per heavy atom. The number of nitrogens with one attached hydrogen (secondary N) is 3. The highest BCUT2D eigenvalue weighted by Crippen LogP contribution is 2.35. The van der Waals surface area contributed by atoms with Gasteiger partial charge in [-0.05, 0) is 54.8 Å². The first-order valence-electron chi connectivity index (χ1n) is 15.3. The monoisotopic (exact) mass is 663 g/mol. The van der Waals surface area contributed by atoms with E-state index in [0.29, 0.717) is 5.69 Å². The van der Waals surface area contributed by atoms with Crippen LogP contribution in [0.25, 0.3) is 10.8 Å². The Hall–Kier alpha value is -5.30. The molecule has 5 amide bonds. The molecule has 0 aromatic heterocycles. The van der Waals surface area contributed by atoms with E-state index in [2.05, 4.69) is 16.0 Å². The summed E-state index contributed by atoms with van der Waals surface area (Å²) in [6, 6.07) is 20.3. The molecule has 0 radical (unpaired) electrons. The molecule has 0 fully saturated rings. The number of halogens is 3. The number of para-hydroxylation sites is 1. The minimum Gasteiger partial charge on any atom is -0.485 e. The quantitative estimate of drug-likeness (QED) is 0.172. The predicted molar refractivity (Wildman–Crippen MR) is 177 cm³/mol. The zero-order chi connectivity index (χ0) is 34.6. The zero-order valence-electron chi connectivity index (χ0n) is 26.5. The maximum atomic E-state index is 13.8. The normalized spacial score (nSPS) is 17.0. The number of likely N-dealkylation sites (N-methyl/N-ethyl adjacent to an activating group) is 1. The number of nitrogens with zero attached hydrogens (tertiary/aromatic N) is 2. The van der Waals surface area contributed by atoms with Crippen LogP contribution in [0.3, 0.4) is 0 Å². The maximum Gasteiger partial charge on any atom is 0.416 e. The molecule has 1 aliphatic rings. The zero-order valence-corrected chi connectivity index (χ0v) is 26.5. The van der Waals surface area contributed by atoms with E-state index in [0.717, 1.165) is 22.9 Å². The maximum absolute atomic E-state index is 13.8. The summed E-state index contributed by atoms with van der Waals surface area (Å²) in [5, 5.41) is 20.0. The van der Waals surface area contributed by atoms with Crippen LogP contribution in [0.5, 0.6) is 5.75 Å².